The second-order valence-electron chi connectivity index (χ2n) is 8.91. The Bertz CT molecular complexity index is 1220. The predicted molar refractivity (Wildman–Crippen MR) is 127 cm³/mol. The molecule has 174 valence electrons. The van der Waals surface area contributed by atoms with Crippen molar-refractivity contribution in [3.05, 3.63) is 81.5 Å². The van der Waals surface area contributed by atoms with Crippen molar-refractivity contribution in [1.29, 1.82) is 0 Å². The second kappa shape index (κ2) is 9.90. The Morgan fingerprint density at radius 1 is 0.909 bits per heavy atom. The maximum atomic E-state index is 13.2. The quantitative estimate of drug-likeness (QED) is 0.481. The molecule has 0 unspecified atom stereocenters. The van der Waals surface area contributed by atoms with Crippen molar-refractivity contribution in [2.75, 3.05) is 0 Å². The molecule has 3 aromatic rings. The Kier molecular flexibility index (Phi) is 7.21. The topological polar surface area (TPSA) is 102 Å². The average molecular weight is 451 g/mol. The molecular weight excluding hydrogens is 420 g/mol. The first-order chi connectivity index (χ1) is 15.6. The normalized spacial score (nSPS) is 11.3. The minimum Gasteiger partial charge on any atom is -0.478 e. The van der Waals surface area contributed by atoms with Crippen molar-refractivity contribution in [3.8, 4) is 11.1 Å². The van der Waals surface area contributed by atoms with Gasteiger partial charge in [-0.05, 0) is 55.4 Å². The van der Waals surface area contributed by atoms with Crippen LogP contribution in [0.2, 0.25) is 0 Å². The van der Waals surface area contributed by atoms with Gasteiger partial charge in [0.05, 0.1) is 17.8 Å². The number of hydrogen-bond acceptors (Lipinski definition) is 3. The maximum Gasteiger partial charge on any atom is 0.354 e. The summed E-state index contributed by atoms with van der Waals surface area (Å²) in [5.74, 6) is -1.72. The molecule has 0 fully saturated rings. The standard InChI is InChI=1S/C26H30N2O5/c1-16(2)9-14-22-23(25(31)32)28(17(3)4)26(33)27(22)15-18-10-12-19(13-11-18)20-7-5-6-8-21(20)24(29)30/h5-8,10-13,16-17H,9,14-15H2,1-4H3,(H,29,30)(H,31,32). The number of carboxylic acids is 2. The summed E-state index contributed by atoms with van der Waals surface area (Å²) >= 11 is 0. The molecule has 2 N–H and O–H groups in total. The predicted octanol–water partition coefficient (Wildman–Crippen LogP) is 4.93. The lowest BCUT2D eigenvalue weighted by molar-refractivity contribution is 0.0676. The summed E-state index contributed by atoms with van der Waals surface area (Å²) in [5, 5.41) is 19.3. The third-order valence-corrected chi connectivity index (χ3v) is 5.72. The highest BCUT2D eigenvalue weighted by Gasteiger charge is 2.26. The lowest BCUT2D eigenvalue weighted by Gasteiger charge is -2.11. The molecule has 0 radical (unpaired) electrons. The van der Waals surface area contributed by atoms with Crippen molar-refractivity contribution in [1.82, 2.24) is 9.13 Å². The van der Waals surface area contributed by atoms with Gasteiger partial charge in [0.2, 0.25) is 0 Å². The molecular formula is C26H30N2O5. The van der Waals surface area contributed by atoms with Gasteiger partial charge in [-0.3, -0.25) is 9.13 Å². The Morgan fingerprint density at radius 3 is 2.09 bits per heavy atom. The summed E-state index contributed by atoms with van der Waals surface area (Å²) in [6, 6.07) is 13.9. The molecule has 1 heterocycles. The van der Waals surface area contributed by atoms with E-state index in [0.29, 0.717) is 23.6 Å². The van der Waals surface area contributed by atoms with Gasteiger partial charge in [-0.2, -0.15) is 0 Å². The monoisotopic (exact) mass is 450 g/mol. The Balaban J connectivity index is 2.03. The molecule has 0 aliphatic rings. The molecule has 33 heavy (non-hydrogen) atoms. The van der Waals surface area contributed by atoms with E-state index in [1.165, 1.54) is 4.57 Å². The number of carboxylic acid groups (broad SMARTS) is 2. The molecule has 1 aromatic heterocycles. The van der Waals surface area contributed by atoms with E-state index in [2.05, 4.69) is 13.8 Å². The minimum atomic E-state index is -1.10. The molecule has 7 nitrogen and oxygen atoms in total. The van der Waals surface area contributed by atoms with Crippen LogP contribution in [-0.4, -0.2) is 31.3 Å². The van der Waals surface area contributed by atoms with E-state index in [4.69, 9.17) is 0 Å². The molecule has 0 saturated heterocycles. The van der Waals surface area contributed by atoms with Gasteiger partial charge in [-0.1, -0.05) is 56.3 Å². The van der Waals surface area contributed by atoms with Crippen molar-refractivity contribution in [2.45, 2.75) is 53.1 Å². The van der Waals surface area contributed by atoms with E-state index in [1.807, 2.05) is 24.3 Å². The van der Waals surface area contributed by atoms with Gasteiger partial charge in [0.25, 0.3) is 0 Å². The Morgan fingerprint density at radius 2 is 1.55 bits per heavy atom. The highest BCUT2D eigenvalue weighted by Crippen LogP contribution is 2.25. The fraction of sp³-hybridized carbons (Fsp3) is 0.346. The van der Waals surface area contributed by atoms with E-state index >= 15 is 0 Å². The number of carbonyl (C=O) groups is 2. The molecule has 7 heteroatoms. The van der Waals surface area contributed by atoms with Crippen LogP contribution in [0, 0.1) is 5.92 Å². The van der Waals surface area contributed by atoms with Crippen LogP contribution < -0.4 is 5.69 Å². The largest absolute Gasteiger partial charge is 0.478 e. The molecule has 0 aliphatic heterocycles. The number of benzene rings is 2. The summed E-state index contributed by atoms with van der Waals surface area (Å²) in [5.41, 5.74) is 2.69. The van der Waals surface area contributed by atoms with Crippen LogP contribution in [0.15, 0.2) is 53.3 Å². The number of nitrogens with zero attached hydrogens (tertiary/aromatic N) is 2. The van der Waals surface area contributed by atoms with Crippen LogP contribution >= 0.6 is 0 Å². The van der Waals surface area contributed by atoms with Gasteiger partial charge in [0.1, 0.15) is 0 Å². The summed E-state index contributed by atoms with van der Waals surface area (Å²) in [6.07, 6.45) is 1.27. The number of aromatic nitrogens is 2. The number of imidazole rings is 1. The van der Waals surface area contributed by atoms with E-state index in [1.54, 1.807) is 42.7 Å². The van der Waals surface area contributed by atoms with Crippen LogP contribution in [-0.2, 0) is 13.0 Å². The second-order valence-corrected chi connectivity index (χ2v) is 8.91. The highest BCUT2D eigenvalue weighted by atomic mass is 16.4. The molecule has 3 rings (SSSR count). The fourth-order valence-corrected chi connectivity index (χ4v) is 4.05. The van der Waals surface area contributed by atoms with Gasteiger partial charge >= 0.3 is 17.6 Å². The van der Waals surface area contributed by atoms with Crippen molar-refractivity contribution in [3.63, 3.8) is 0 Å². The van der Waals surface area contributed by atoms with E-state index < -0.39 is 11.9 Å². The summed E-state index contributed by atoms with van der Waals surface area (Å²) < 4.78 is 2.92. The summed E-state index contributed by atoms with van der Waals surface area (Å²) in [6.45, 7) is 7.98. The van der Waals surface area contributed by atoms with Crippen molar-refractivity contribution in [2.24, 2.45) is 5.92 Å². The van der Waals surface area contributed by atoms with E-state index in [9.17, 15) is 24.6 Å². The molecule has 0 saturated carbocycles. The van der Waals surface area contributed by atoms with Gasteiger partial charge in [0, 0.05) is 6.04 Å². The smallest absolute Gasteiger partial charge is 0.354 e. The lowest BCUT2D eigenvalue weighted by atomic mass is 9.98. The molecule has 0 amide bonds. The molecule has 0 bridgehead atoms. The van der Waals surface area contributed by atoms with Crippen LogP contribution in [0.4, 0.5) is 0 Å². The van der Waals surface area contributed by atoms with Gasteiger partial charge in [-0.15, -0.1) is 0 Å². The number of rotatable bonds is 9. The van der Waals surface area contributed by atoms with Crippen LogP contribution in [0.3, 0.4) is 0 Å². The first kappa shape index (κ1) is 24.0. The number of hydrogen-bond donors (Lipinski definition) is 2. The molecule has 2 aromatic carbocycles. The highest BCUT2D eigenvalue weighted by molar-refractivity contribution is 5.96. The summed E-state index contributed by atoms with van der Waals surface area (Å²) in [7, 11) is 0. The first-order valence-electron chi connectivity index (χ1n) is 11.1. The van der Waals surface area contributed by atoms with Crippen LogP contribution in [0.1, 0.15) is 72.3 Å². The van der Waals surface area contributed by atoms with E-state index in [-0.39, 0.29) is 29.5 Å². The van der Waals surface area contributed by atoms with Crippen LogP contribution in [0.25, 0.3) is 11.1 Å². The van der Waals surface area contributed by atoms with Gasteiger partial charge < -0.3 is 10.2 Å². The summed E-state index contributed by atoms with van der Waals surface area (Å²) in [4.78, 5) is 36.8. The Labute approximate surface area is 192 Å². The molecule has 0 aliphatic carbocycles. The zero-order valence-corrected chi connectivity index (χ0v) is 19.4. The van der Waals surface area contributed by atoms with Gasteiger partial charge in [0.15, 0.2) is 5.69 Å². The maximum absolute atomic E-state index is 13.2. The molecule has 0 atom stereocenters. The molecule has 0 spiro atoms. The van der Waals surface area contributed by atoms with Gasteiger partial charge in [-0.25, -0.2) is 14.4 Å². The first-order valence-corrected chi connectivity index (χ1v) is 11.1. The van der Waals surface area contributed by atoms with Crippen molar-refractivity contribution >= 4 is 11.9 Å². The van der Waals surface area contributed by atoms with E-state index in [0.717, 1.165) is 17.5 Å². The van der Waals surface area contributed by atoms with Crippen molar-refractivity contribution < 1.29 is 19.8 Å². The zero-order chi connectivity index (χ0) is 24.3. The third-order valence-electron chi connectivity index (χ3n) is 5.72. The number of aromatic carboxylic acids is 2. The Hall–Kier alpha value is -3.61. The SMILES string of the molecule is CC(C)CCc1c(C(=O)O)n(C(C)C)c(=O)n1Cc1ccc(-c2ccccc2C(=O)O)cc1. The third kappa shape index (κ3) is 5.08. The minimum absolute atomic E-state index is 0.0580. The lowest BCUT2D eigenvalue weighted by Crippen LogP contribution is -2.27. The zero-order valence-electron chi connectivity index (χ0n) is 19.4. The average Bonchev–Trinajstić information content (AvgIpc) is 3.04. The van der Waals surface area contributed by atoms with Crippen LogP contribution in [0.5, 0.6) is 0 Å². The fourth-order valence-electron chi connectivity index (χ4n) is 4.05.